The summed E-state index contributed by atoms with van der Waals surface area (Å²) in [6, 6.07) is 25.2. The monoisotopic (exact) mass is 432 g/mol. The molecule has 1 aromatic heterocycles. The summed E-state index contributed by atoms with van der Waals surface area (Å²) in [4.78, 5) is 9.14. The lowest BCUT2D eigenvalue weighted by Gasteiger charge is -2.09. The Labute approximate surface area is 185 Å². The lowest BCUT2D eigenvalue weighted by Crippen LogP contribution is -2.10. The van der Waals surface area contributed by atoms with E-state index in [4.69, 9.17) is 14.5 Å². The van der Waals surface area contributed by atoms with Crippen molar-refractivity contribution in [2.24, 2.45) is 0 Å². The highest BCUT2D eigenvalue weighted by Gasteiger charge is 2.17. The van der Waals surface area contributed by atoms with Crippen molar-refractivity contribution >= 4 is 11.2 Å². The van der Waals surface area contributed by atoms with E-state index < -0.39 is 11.2 Å². The largest absolute Gasteiger partial charge is 0.611 e. The Bertz CT molecular complexity index is 1040. The van der Waals surface area contributed by atoms with Gasteiger partial charge in [0.05, 0.1) is 32.0 Å². The van der Waals surface area contributed by atoms with E-state index in [0.717, 1.165) is 44.7 Å². The fourth-order valence-electron chi connectivity index (χ4n) is 3.34. The second kappa shape index (κ2) is 9.73. The third kappa shape index (κ3) is 4.93. The van der Waals surface area contributed by atoms with Crippen molar-refractivity contribution in [3.63, 3.8) is 0 Å². The Morgan fingerprint density at radius 3 is 1.97 bits per heavy atom. The minimum Gasteiger partial charge on any atom is -0.611 e. The van der Waals surface area contributed by atoms with Gasteiger partial charge in [0.25, 0.3) is 0 Å². The van der Waals surface area contributed by atoms with Crippen LogP contribution in [0.25, 0.3) is 22.5 Å². The number of hydrogen-bond donors (Lipinski definition) is 1. The molecule has 0 aliphatic heterocycles. The normalized spacial score (nSPS) is 11.8. The van der Waals surface area contributed by atoms with E-state index in [1.807, 2.05) is 78.9 Å². The molecule has 0 radical (unpaired) electrons. The molecule has 0 saturated carbocycles. The van der Waals surface area contributed by atoms with Gasteiger partial charge >= 0.3 is 0 Å². The van der Waals surface area contributed by atoms with Crippen LogP contribution in [-0.4, -0.2) is 34.5 Å². The van der Waals surface area contributed by atoms with Crippen LogP contribution in [0.4, 0.5) is 0 Å². The summed E-state index contributed by atoms with van der Waals surface area (Å²) >= 11 is -1.07. The van der Waals surface area contributed by atoms with Gasteiger partial charge in [-0.2, -0.15) is 0 Å². The summed E-state index contributed by atoms with van der Waals surface area (Å²) in [5, 5.41) is 0. The molecule has 0 aliphatic carbocycles. The average Bonchev–Trinajstić information content (AvgIpc) is 3.27. The van der Waals surface area contributed by atoms with Crippen LogP contribution in [0.3, 0.4) is 0 Å². The summed E-state index contributed by atoms with van der Waals surface area (Å²) in [6.45, 7) is 0. The smallest absolute Gasteiger partial charge is 0.152 e. The quantitative estimate of drug-likeness (QED) is 0.393. The molecule has 31 heavy (non-hydrogen) atoms. The Morgan fingerprint density at radius 1 is 0.806 bits per heavy atom. The molecule has 1 atom stereocenters. The Morgan fingerprint density at radius 2 is 1.39 bits per heavy atom. The highest BCUT2D eigenvalue weighted by molar-refractivity contribution is 7.91. The summed E-state index contributed by atoms with van der Waals surface area (Å²) in [5.74, 6) is 2.90. The van der Waals surface area contributed by atoms with Gasteiger partial charge in [-0.15, -0.1) is 0 Å². The first-order chi connectivity index (χ1) is 15.2. The molecule has 158 valence electrons. The van der Waals surface area contributed by atoms with Gasteiger partial charge < -0.3 is 19.0 Å². The Kier molecular flexibility index (Phi) is 6.60. The highest BCUT2D eigenvalue weighted by Crippen LogP contribution is 2.32. The van der Waals surface area contributed by atoms with Crippen LogP contribution < -0.4 is 9.47 Å². The van der Waals surface area contributed by atoms with Crippen LogP contribution in [0.5, 0.6) is 11.5 Å². The molecule has 4 aromatic rings. The molecule has 0 fully saturated rings. The molecule has 0 amide bonds. The van der Waals surface area contributed by atoms with Gasteiger partial charge in [0.1, 0.15) is 23.1 Å². The van der Waals surface area contributed by atoms with Gasteiger partial charge in [-0.25, -0.2) is 4.98 Å². The number of nitrogens with one attached hydrogen (secondary N) is 1. The lowest BCUT2D eigenvalue weighted by molar-refractivity contribution is 0.414. The second-order valence-electron chi connectivity index (χ2n) is 6.98. The molecule has 1 unspecified atom stereocenters. The number of nitrogens with zero attached hydrogens (tertiary/aromatic N) is 1. The van der Waals surface area contributed by atoms with Gasteiger partial charge in [-0.3, -0.25) is 0 Å². The minimum atomic E-state index is -1.07. The van der Waals surface area contributed by atoms with Crippen molar-refractivity contribution in [3.8, 4) is 34.0 Å². The van der Waals surface area contributed by atoms with Gasteiger partial charge in [0.2, 0.25) is 0 Å². The summed E-state index contributed by atoms with van der Waals surface area (Å²) in [5.41, 5.74) is 3.77. The van der Waals surface area contributed by atoms with E-state index in [9.17, 15) is 4.55 Å². The number of rotatable bonds is 8. The molecular formula is C25H24N2O3S. The van der Waals surface area contributed by atoms with E-state index >= 15 is 0 Å². The van der Waals surface area contributed by atoms with E-state index in [-0.39, 0.29) is 0 Å². The predicted molar refractivity (Wildman–Crippen MR) is 124 cm³/mol. The molecule has 1 heterocycles. The number of H-pyrrole nitrogens is 1. The number of ether oxygens (including phenoxy) is 2. The molecular weight excluding hydrogens is 408 g/mol. The number of imidazole rings is 1. The minimum absolute atomic E-state index is 0.502. The van der Waals surface area contributed by atoms with Gasteiger partial charge in [0, 0.05) is 11.1 Å². The van der Waals surface area contributed by atoms with Crippen molar-refractivity contribution in [2.75, 3.05) is 20.0 Å². The van der Waals surface area contributed by atoms with Crippen molar-refractivity contribution < 1.29 is 14.0 Å². The first-order valence-electron chi connectivity index (χ1n) is 9.99. The predicted octanol–water partition coefficient (Wildman–Crippen LogP) is 5.11. The van der Waals surface area contributed by atoms with Crippen molar-refractivity contribution in [1.82, 2.24) is 9.97 Å². The number of aromatic amines is 1. The van der Waals surface area contributed by atoms with Gasteiger partial charge in [-0.05, 0) is 71.8 Å². The molecule has 0 spiro atoms. The lowest BCUT2D eigenvalue weighted by atomic mass is 10.0. The summed E-state index contributed by atoms with van der Waals surface area (Å²) in [6.07, 6.45) is 0.584. The number of methoxy groups -OCH3 is 2. The number of aryl methyl sites for hydroxylation is 1. The number of hydrogen-bond acceptors (Lipinski definition) is 4. The van der Waals surface area contributed by atoms with Gasteiger partial charge in [0.15, 0.2) is 4.90 Å². The first-order valence-corrected chi connectivity index (χ1v) is 11.3. The SMILES string of the molecule is COc1ccc(-c2nc(CC[S+]([O-])c3ccccc3)[nH]c2-c2ccc(OC)cc2)cc1. The molecule has 5 nitrogen and oxygen atoms in total. The number of benzene rings is 3. The topological polar surface area (TPSA) is 70.2 Å². The highest BCUT2D eigenvalue weighted by atomic mass is 32.2. The van der Waals surface area contributed by atoms with E-state index in [1.165, 1.54) is 0 Å². The number of aromatic nitrogens is 2. The molecule has 0 aliphatic rings. The summed E-state index contributed by atoms with van der Waals surface area (Å²) in [7, 11) is 3.30. The zero-order valence-electron chi connectivity index (χ0n) is 17.5. The van der Waals surface area contributed by atoms with Crippen molar-refractivity contribution in [1.29, 1.82) is 0 Å². The third-order valence-corrected chi connectivity index (χ3v) is 6.40. The third-order valence-electron chi connectivity index (χ3n) is 5.03. The standard InChI is InChI=1S/C25H24N2O3S/c1-29-20-12-8-18(9-13-20)24-25(19-10-14-21(30-2)15-11-19)27-23(26-24)16-17-31(28)22-6-4-3-5-7-22/h3-15H,16-17H2,1-2H3,(H,26,27). The van der Waals surface area contributed by atoms with Crippen molar-refractivity contribution in [2.45, 2.75) is 11.3 Å². The second-order valence-corrected chi connectivity index (χ2v) is 8.55. The molecule has 0 saturated heterocycles. The van der Waals surface area contributed by atoms with Crippen LogP contribution >= 0.6 is 0 Å². The zero-order chi connectivity index (χ0) is 21.6. The van der Waals surface area contributed by atoms with Crippen molar-refractivity contribution in [3.05, 3.63) is 84.7 Å². The maximum atomic E-state index is 12.6. The van der Waals surface area contributed by atoms with Crippen LogP contribution in [0.1, 0.15) is 5.82 Å². The van der Waals surface area contributed by atoms with E-state index in [1.54, 1.807) is 14.2 Å². The first kappa shape index (κ1) is 21.0. The fourth-order valence-corrected chi connectivity index (χ4v) is 4.42. The maximum Gasteiger partial charge on any atom is 0.152 e. The average molecular weight is 433 g/mol. The van der Waals surface area contributed by atoms with Gasteiger partial charge in [-0.1, -0.05) is 18.2 Å². The molecule has 6 heteroatoms. The zero-order valence-corrected chi connectivity index (χ0v) is 18.3. The molecule has 4 rings (SSSR count). The fraction of sp³-hybridized carbons (Fsp3) is 0.160. The van der Waals surface area contributed by atoms with Crippen LogP contribution in [0.2, 0.25) is 0 Å². The van der Waals surface area contributed by atoms with E-state index in [0.29, 0.717) is 12.2 Å². The van der Waals surface area contributed by atoms with Crippen LogP contribution in [0, 0.1) is 0 Å². The molecule has 1 N–H and O–H groups in total. The van der Waals surface area contributed by atoms with Crippen LogP contribution in [0.15, 0.2) is 83.8 Å². The summed E-state index contributed by atoms with van der Waals surface area (Å²) < 4.78 is 23.2. The van der Waals surface area contributed by atoms with Crippen LogP contribution in [-0.2, 0) is 17.6 Å². The van der Waals surface area contributed by atoms with E-state index in [2.05, 4.69) is 4.98 Å². The molecule has 3 aromatic carbocycles. The Balaban J connectivity index is 1.64. The maximum absolute atomic E-state index is 12.6. The Hall–Kier alpha value is -3.22. The molecule has 0 bridgehead atoms.